The van der Waals surface area contributed by atoms with Crippen molar-refractivity contribution in [1.29, 1.82) is 0 Å². The van der Waals surface area contributed by atoms with Crippen LogP contribution in [-0.4, -0.2) is 15.7 Å². The van der Waals surface area contributed by atoms with Crippen molar-refractivity contribution in [2.75, 3.05) is 0 Å². The molecule has 1 amide bonds. The lowest BCUT2D eigenvalue weighted by Crippen LogP contribution is -2.12. The zero-order valence-electron chi connectivity index (χ0n) is 10.3. The Kier molecular flexibility index (Phi) is 3.39. The number of primary amides is 1. The molecular formula is C13H14ClN3O. The van der Waals surface area contributed by atoms with E-state index in [1.807, 2.05) is 31.2 Å². The number of nitrogens with two attached hydrogens (primary N) is 1. The molecule has 18 heavy (non-hydrogen) atoms. The lowest BCUT2D eigenvalue weighted by Gasteiger charge is -2.04. The molecule has 0 bridgehead atoms. The van der Waals surface area contributed by atoms with Crippen molar-refractivity contribution in [3.05, 3.63) is 51.8 Å². The molecule has 0 saturated heterocycles. The number of benzene rings is 1. The number of hydrogen-bond acceptors (Lipinski definition) is 2. The number of amides is 1. The van der Waals surface area contributed by atoms with Crippen molar-refractivity contribution < 1.29 is 4.79 Å². The van der Waals surface area contributed by atoms with E-state index in [9.17, 15) is 4.79 Å². The minimum atomic E-state index is -0.548. The summed E-state index contributed by atoms with van der Waals surface area (Å²) in [6.45, 7) is 4.27. The molecule has 0 aliphatic carbocycles. The minimum Gasteiger partial charge on any atom is -0.365 e. The van der Waals surface area contributed by atoms with Crippen LogP contribution in [0.15, 0.2) is 24.3 Å². The molecule has 1 aromatic heterocycles. The highest BCUT2D eigenvalue weighted by Gasteiger charge is 2.17. The van der Waals surface area contributed by atoms with Gasteiger partial charge in [-0.2, -0.15) is 5.10 Å². The summed E-state index contributed by atoms with van der Waals surface area (Å²) < 4.78 is 1.58. The van der Waals surface area contributed by atoms with Gasteiger partial charge in [-0.1, -0.05) is 41.4 Å². The zero-order chi connectivity index (χ0) is 13.3. The summed E-state index contributed by atoms with van der Waals surface area (Å²) in [5.74, 6) is -0.548. The molecule has 0 fully saturated rings. The van der Waals surface area contributed by atoms with Gasteiger partial charge in [-0.3, -0.25) is 4.79 Å². The first-order valence-electron chi connectivity index (χ1n) is 5.57. The Morgan fingerprint density at radius 2 is 1.94 bits per heavy atom. The number of halogens is 1. The van der Waals surface area contributed by atoms with Crippen LogP contribution in [0.5, 0.6) is 0 Å². The normalized spacial score (nSPS) is 10.6. The fourth-order valence-electron chi connectivity index (χ4n) is 1.80. The summed E-state index contributed by atoms with van der Waals surface area (Å²) in [4.78, 5) is 11.2. The third-order valence-corrected chi connectivity index (χ3v) is 3.15. The molecule has 1 heterocycles. The smallest absolute Gasteiger partial charge is 0.253 e. The predicted octanol–water partition coefficient (Wildman–Crippen LogP) is 2.30. The summed E-state index contributed by atoms with van der Waals surface area (Å²) in [7, 11) is 0. The van der Waals surface area contributed by atoms with E-state index in [1.54, 1.807) is 11.6 Å². The third-order valence-electron chi connectivity index (χ3n) is 2.76. The SMILES string of the molecule is Cc1ccc(Cn2nc(C)c(C(N)=O)c2Cl)cc1. The number of carbonyl (C=O) groups is 1. The van der Waals surface area contributed by atoms with Gasteiger partial charge in [-0.25, -0.2) is 4.68 Å². The van der Waals surface area contributed by atoms with Crippen LogP contribution in [0.2, 0.25) is 5.15 Å². The minimum absolute atomic E-state index is 0.292. The van der Waals surface area contributed by atoms with E-state index in [1.165, 1.54) is 5.56 Å². The number of aromatic nitrogens is 2. The van der Waals surface area contributed by atoms with Crippen molar-refractivity contribution in [1.82, 2.24) is 9.78 Å². The van der Waals surface area contributed by atoms with Crippen molar-refractivity contribution in [2.24, 2.45) is 5.73 Å². The van der Waals surface area contributed by atoms with Crippen LogP contribution >= 0.6 is 11.6 Å². The molecule has 0 radical (unpaired) electrons. The van der Waals surface area contributed by atoms with Crippen molar-refractivity contribution in [3.63, 3.8) is 0 Å². The monoisotopic (exact) mass is 263 g/mol. The maximum absolute atomic E-state index is 11.2. The molecule has 0 spiro atoms. The summed E-state index contributed by atoms with van der Waals surface area (Å²) >= 11 is 6.11. The maximum Gasteiger partial charge on any atom is 0.253 e. The van der Waals surface area contributed by atoms with E-state index in [2.05, 4.69) is 5.10 Å². The zero-order valence-corrected chi connectivity index (χ0v) is 11.0. The number of nitrogens with zero attached hydrogens (tertiary/aromatic N) is 2. The Balaban J connectivity index is 2.33. The van der Waals surface area contributed by atoms with Gasteiger partial charge in [0.05, 0.1) is 17.8 Å². The molecule has 0 aliphatic heterocycles. The molecule has 4 nitrogen and oxygen atoms in total. The van der Waals surface area contributed by atoms with Crippen LogP contribution in [0.4, 0.5) is 0 Å². The highest BCUT2D eigenvalue weighted by atomic mass is 35.5. The fourth-order valence-corrected chi connectivity index (χ4v) is 2.13. The second-order valence-corrected chi connectivity index (χ2v) is 4.62. The molecule has 2 aromatic rings. The molecule has 0 aliphatic rings. The Hall–Kier alpha value is -1.81. The molecule has 0 atom stereocenters. The lowest BCUT2D eigenvalue weighted by molar-refractivity contribution is 0.1000. The molecule has 5 heteroatoms. The summed E-state index contributed by atoms with van der Waals surface area (Å²) in [5, 5.41) is 4.53. The van der Waals surface area contributed by atoms with Crippen LogP contribution in [0.25, 0.3) is 0 Å². The van der Waals surface area contributed by atoms with E-state index >= 15 is 0 Å². The Labute approximate surface area is 110 Å². The van der Waals surface area contributed by atoms with E-state index in [0.717, 1.165) is 5.56 Å². The van der Waals surface area contributed by atoms with Gasteiger partial charge in [0.25, 0.3) is 5.91 Å². The molecule has 94 valence electrons. The van der Waals surface area contributed by atoms with Crippen LogP contribution in [0.3, 0.4) is 0 Å². The van der Waals surface area contributed by atoms with Gasteiger partial charge in [-0.15, -0.1) is 0 Å². The van der Waals surface area contributed by atoms with Crippen molar-refractivity contribution in [3.8, 4) is 0 Å². The second-order valence-electron chi connectivity index (χ2n) is 4.26. The fraction of sp³-hybridized carbons (Fsp3) is 0.231. The van der Waals surface area contributed by atoms with Crippen molar-refractivity contribution >= 4 is 17.5 Å². The van der Waals surface area contributed by atoms with E-state index in [4.69, 9.17) is 17.3 Å². The highest BCUT2D eigenvalue weighted by molar-refractivity contribution is 6.33. The summed E-state index contributed by atoms with van der Waals surface area (Å²) in [6, 6.07) is 8.06. The van der Waals surface area contributed by atoms with E-state index in [0.29, 0.717) is 23.0 Å². The summed E-state index contributed by atoms with van der Waals surface area (Å²) in [5.41, 5.74) is 8.38. The second kappa shape index (κ2) is 4.82. The Morgan fingerprint density at radius 1 is 1.33 bits per heavy atom. The third kappa shape index (κ3) is 2.38. The first-order chi connectivity index (χ1) is 8.49. The van der Waals surface area contributed by atoms with Gasteiger partial charge < -0.3 is 5.73 Å². The van der Waals surface area contributed by atoms with E-state index in [-0.39, 0.29) is 0 Å². The average Bonchev–Trinajstić information content (AvgIpc) is 2.57. The number of aryl methyl sites for hydroxylation is 2. The quantitative estimate of drug-likeness (QED) is 0.924. The molecule has 0 unspecified atom stereocenters. The number of rotatable bonds is 3. The topological polar surface area (TPSA) is 60.9 Å². The van der Waals surface area contributed by atoms with E-state index < -0.39 is 5.91 Å². The van der Waals surface area contributed by atoms with Crippen LogP contribution < -0.4 is 5.73 Å². The van der Waals surface area contributed by atoms with Gasteiger partial charge in [0.1, 0.15) is 5.15 Å². The van der Waals surface area contributed by atoms with Crippen LogP contribution in [-0.2, 0) is 6.54 Å². The number of hydrogen-bond donors (Lipinski definition) is 1. The molecule has 0 saturated carbocycles. The van der Waals surface area contributed by atoms with Gasteiger partial charge >= 0.3 is 0 Å². The molecule has 2 rings (SSSR count). The number of carbonyl (C=O) groups excluding carboxylic acids is 1. The Bertz CT molecular complexity index is 587. The summed E-state index contributed by atoms with van der Waals surface area (Å²) in [6.07, 6.45) is 0. The first-order valence-corrected chi connectivity index (χ1v) is 5.95. The van der Waals surface area contributed by atoms with Gasteiger partial charge in [0.2, 0.25) is 0 Å². The predicted molar refractivity (Wildman–Crippen MR) is 70.8 cm³/mol. The molecule has 2 N–H and O–H groups in total. The van der Waals surface area contributed by atoms with Crippen LogP contribution in [0, 0.1) is 13.8 Å². The standard InChI is InChI=1S/C13H14ClN3O/c1-8-3-5-10(6-4-8)7-17-12(14)11(13(15)18)9(2)16-17/h3-6H,7H2,1-2H3,(H2,15,18). The lowest BCUT2D eigenvalue weighted by atomic mass is 10.1. The van der Waals surface area contributed by atoms with Crippen molar-refractivity contribution in [2.45, 2.75) is 20.4 Å². The highest BCUT2D eigenvalue weighted by Crippen LogP contribution is 2.20. The van der Waals surface area contributed by atoms with Gasteiger partial charge in [0.15, 0.2) is 0 Å². The first kappa shape index (κ1) is 12.6. The molecular weight excluding hydrogens is 250 g/mol. The Morgan fingerprint density at radius 3 is 2.44 bits per heavy atom. The largest absolute Gasteiger partial charge is 0.365 e. The van der Waals surface area contributed by atoms with Crippen LogP contribution in [0.1, 0.15) is 27.2 Å². The van der Waals surface area contributed by atoms with Gasteiger partial charge in [0, 0.05) is 0 Å². The maximum atomic E-state index is 11.2. The van der Waals surface area contributed by atoms with Gasteiger partial charge in [-0.05, 0) is 19.4 Å². The average molecular weight is 264 g/mol. The molecule has 1 aromatic carbocycles.